The van der Waals surface area contributed by atoms with Crippen LogP contribution in [0, 0.1) is 12.3 Å². The van der Waals surface area contributed by atoms with Gasteiger partial charge in [0.15, 0.2) is 0 Å². The maximum atomic E-state index is 6.07. The first-order chi connectivity index (χ1) is 9.19. The molecular weight excluding hydrogens is 307 g/mol. The third kappa shape index (κ3) is 5.54. The predicted octanol–water partition coefficient (Wildman–Crippen LogP) is 4.10. The largest absolute Gasteiger partial charge is 0.271 e. The molecule has 3 nitrogen and oxygen atoms in total. The molecule has 0 unspecified atom stereocenters. The summed E-state index contributed by atoms with van der Waals surface area (Å²) in [6, 6.07) is 3.36. The topological polar surface area (TPSA) is 33.6 Å². The van der Waals surface area contributed by atoms with E-state index in [-0.39, 0.29) is 0 Å². The highest BCUT2D eigenvalue weighted by molar-refractivity contribution is 6.36. The molecule has 0 aliphatic rings. The Bertz CT molecular complexity index is 498. The van der Waals surface area contributed by atoms with Gasteiger partial charge in [-0.05, 0) is 18.2 Å². The maximum Gasteiger partial charge on any atom is 0.113 e. The van der Waals surface area contributed by atoms with Crippen molar-refractivity contribution in [3.63, 3.8) is 0 Å². The standard InChI is InChI=1S/C13H11Cl3N2O/c1-2-4-11-12(15)7-10(8-13(11)16)17-9-18-19-6-3-5-14/h1,3,5,7-9H,4,6H2,(H,17,18)/b5-3-. The minimum absolute atomic E-state index is 0.331. The molecule has 1 rings (SSSR count). The fourth-order valence-electron chi connectivity index (χ4n) is 1.21. The number of halogens is 3. The molecular formula is C13H11Cl3N2O. The summed E-state index contributed by atoms with van der Waals surface area (Å²) in [5.74, 6) is 2.50. The number of nitrogens with zero attached hydrogens (tertiary/aromatic N) is 1. The molecule has 0 atom stereocenters. The van der Waals surface area contributed by atoms with Crippen LogP contribution in [0.15, 0.2) is 28.7 Å². The summed E-state index contributed by atoms with van der Waals surface area (Å²) < 4.78 is 0. The van der Waals surface area contributed by atoms with Crippen molar-refractivity contribution in [1.82, 2.24) is 5.48 Å². The lowest BCUT2D eigenvalue weighted by molar-refractivity contribution is 0.114. The Morgan fingerprint density at radius 3 is 2.63 bits per heavy atom. The Balaban J connectivity index is 2.65. The zero-order valence-electron chi connectivity index (χ0n) is 9.87. The van der Waals surface area contributed by atoms with Gasteiger partial charge in [0.25, 0.3) is 0 Å². The third-order valence-corrected chi connectivity index (χ3v) is 2.88. The lowest BCUT2D eigenvalue weighted by Crippen LogP contribution is -2.11. The molecule has 0 bridgehead atoms. The smallest absolute Gasteiger partial charge is 0.113 e. The summed E-state index contributed by atoms with van der Waals surface area (Å²) in [6.07, 6.45) is 8.63. The molecule has 0 amide bonds. The van der Waals surface area contributed by atoms with E-state index in [9.17, 15) is 0 Å². The van der Waals surface area contributed by atoms with Crippen molar-refractivity contribution in [3.8, 4) is 12.3 Å². The van der Waals surface area contributed by atoms with E-state index in [1.54, 1.807) is 18.2 Å². The number of hydrogen-bond acceptors (Lipinski definition) is 2. The van der Waals surface area contributed by atoms with Crippen LogP contribution < -0.4 is 5.48 Å². The average Bonchev–Trinajstić information content (AvgIpc) is 2.38. The van der Waals surface area contributed by atoms with E-state index in [1.807, 2.05) is 0 Å². The van der Waals surface area contributed by atoms with Gasteiger partial charge in [0, 0.05) is 27.6 Å². The van der Waals surface area contributed by atoms with Gasteiger partial charge in [-0.1, -0.05) is 34.8 Å². The van der Waals surface area contributed by atoms with E-state index in [2.05, 4.69) is 16.4 Å². The molecule has 0 aliphatic carbocycles. The van der Waals surface area contributed by atoms with Crippen molar-refractivity contribution in [2.75, 3.05) is 6.61 Å². The molecule has 6 heteroatoms. The zero-order chi connectivity index (χ0) is 14.1. The van der Waals surface area contributed by atoms with Crippen LogP contribution in [0.4, 0.5) is 5.69 Å². The molecule has 0 aromatic heterocycles. The fraction of sp³-hybridized carbons (Fsp3) is 0.154. The molecule has 100 valence electrons. The number of rotatable bonds is 6. The maximum absolute atomic E-state index is 6.07. The highest BCUT2D eigenvalue weighted by Crippen LogP contribution is 2.30. The number of benzene rings is 1. The first-order valence-electron chi connectivity index (χ1n) is 5.25. The second-order valence-electron chi connectivity index (χ2n) is 3.32. The summed E-state index contributed by atoms with van der Waals surface area (Å²) in [5, 5.41) is 0.979. The minimum Gasteiger partial charge on any atom is -0.271 e. The SMILES string of the molecule is C#CCc1c(Cl)cc(N=CNOC/C=C\Cl)cc1Cl. The van der Waals surface area contributed by atoms with E-state index in [1.165, 1.54) is 11.9 Å². The van der Waals surface area contributed by atoms with E-state index < -0.39 is 0 Å². The van der Waals surface area contributed by atoms with Crippen LogP contribution in [-0.4, -0.2) is 12.9 Å². The van der Waals surface area contributed by atoms with Crippen molar-refractivity contribution >= 4 is 46.8 Å². The Morgan fingerprint density at radius 2 is 2.05 bits per heavy atom. The Labute approximate surface area is 127 Å². The van der Waals surface area contributed by atoms with Gasteiger partial charge in [-0.25, -0.2) is 4.99 Å². The zero-order valence-corrected chi connectivity index (χ0v) is 12.1. The summed E-state index contributed by atoms with van der Waals surface area (Å²) in [5.41, 5.74) is 5.21. The van der Waals surface area contributed by atoms with Crippen LogP contribution in [0.1, 0.15) is 5.56 Å². The van der Waals surface area contributed by atoms with E-state index in [4.69, 9.17) is 46.1 Å². The quantitative estimate of drug-likeness (QED) is 0.282. The summed E-state index contributed by atoms with van der Waals surface area (Å²) in [7, 11) is 0. The number of hydrogen-bond donors (Lipinski definition) is 1. The summed E-state index contributed by atoms with van der Waals surface area (Å²) >= 11 is 17.5. The first-order valence-corrected chi connectivity index (χ1v) is 6.44. The van der Waals surface area contributed by atoms with Gasteiger partial charge < -0.3 is 0 Å². The molecule has 0 spiro atoms. The molecule has 0 aliphatic heterocycles. The number of aliphatic imine (C=N–C) groups is 1. The molecule has 0 saturated carbocycles. The summed E-state index contributed by atoms with van der Waals surface area (Å²) in [6.45, 7) is 0.331. The third-order valence-electron chi connectivity index (χ3n) is 2.02. The summed E-state index contributed by atoms with van der Waals surface area (Å²) in [4.78, 5) is 9.04. The Kier molecular flexibility index (Phi) is 7.39. The van der Waals surface area contributed by atoms with Gasteiger partial charge in [-0.2, -0.15) is 0 Å². The first kappa shape index (κ1) is 15.9. The van der Waals surface area contributed by atoms with E-state index in [0.29, 0.717) is 28.8 Å². The fourth-order valence-corrected chi connectivity index (χ4v) is 1.89. The van der Waals surface area contributed by atoms with Crippen LogP contribution in [-0.2, 0) is 11.3 Å². The molecule has 1 aromatic carbocycles. The molecule has 1 N–H and O–H groups in total. The number of nitrogens with one attached hydrogen (secondary N) is 1. The van der Waals surface area contributed by atoms with Crippen molar-refractivity contribution in [1.29, 1.82) is 0 Å². The Hall–Kier alpha value is -1.18. The molecule has 1 aromatic rings. The van der Waals surface area contributed by atoms with Gasteiger partial charge >= 0.3 is 0 Å². The van der Waals surface area contributed by atoms with Crippen LogP contribution >= 0.6 is 34.8 Å². The minimum atomic E-state index is 0.331. The van der Waals surface area contributed by atoms with Crippen LogP contribution in [0.2, 0.25) is 10.0 Å². The molecule has 0 fully saturated rings. The van der Waals surface area contributed by atoms with E-state index >= 15 is 0 Å². The van der Waals surface area contributed by atoms with Gasteiger partial charge in [-0.3, -0.25) is 10.3 Å². The Morgan fingerprint density at radius 1 is 1.37 bits per heavy atom. The normalized spacial score (nSPS) is 11.1. The second-order valence-corrected chi connectivity index (χ2v) is 4.38. The van der Waals surface area contributed by atoms with Crippen LogP contribution in [0.3, 0.4) is 0 Å². The highest BCUT2D eigenvalue weighted by atomic mass is 35.5. The van der Waals surface area contributed by atoms with Crippen LogP contribution in [0.5, 0.6) is 0 Å². The molecule has 0 saturated heterocycles. The van der Waals surface area contributed by atoms with Gasteiger partial charge in [0.05, 0.1) is 12.3 Å². The van der Waals surface area contributed by atoms with Crippen molar-refractivity contribution in [2.45, 2.75) is 6.42 Å². The monoisotopic (exact) mass is 316 g/mol. The van der Waals surface area contributed by atoms with Crippen molar-refractivity contribution in [3.05, 3.63) is 39.4 Å². The predicted molar refractivity (Wildman–Crippen MR) is 81.2 cm³/mol. The number of hydroxylamine groups is 1. The lowest BCUT2D eigenvalue weighted by Gasteiger charge is -2.05. The van der Waals surface area contributed by atoms with Gasteiger partial charge in [0.2, 0.25) is 0 Å². The van der Waals surface area contributed by atoms with Gasteiger partial charge in [-0.15, -0.1) is 12.3 Å². The van der Waals surface area contributed by atoms with E-state index in [0.717, 1.165) is 5.56 Å². The molecule has 0 heterocycles. The van der Waals surface area contributed by atoms with Crippen molar-refractivity contribution < 1.29 is 4.84 Å². The lowest BCUT2D eigenvalue weighted by atomic mass is 10.1. The van der Waals surface area contributed by atoms with Gasteiger partial charge in [0.1, 0.15) is 6.34 Å². The molecule has 19 heavy (non-hydrogen) atoms. The number of terminal acetylenes is 1. The molecule has 0 radical (unpaired) electrons. The van der Waals surface area contributed by atoms with Crippen molar-refractivity contribution in [2.24, 2.45) is 4.99 Å². The second kappa shape index (κ2) is 8.84. The average molecular weight is 318 g/mol. The van der Waals surface area contributed by atoms with Crippen LogP contribution in [0.25, 0.3) is 0 Å². The highest BCUT2D eigenvalue weighted by Gasteiger charge is 2.06.